The first-order valence-corrected chi connectivity index (χ1v) is 10.6. The minimum absolute atomic E-state index is 0.237. The fourth-order valence-corrected chi connectivity index (χ4v) is 3.80. The number of thioether (sulfide) groups is 1. The van der Waals surface area contributed by atoms with Crippen molar-refractivity contribution < 1.29 is 19.1 Å². The topological polar surface area (TPSA) is 77.0 Å². The largest absolute Gasteiger partial charge is 0.493 e. The first-order valence-electron chi connectivity index (χ1n) is 9.83. The number of nitrogens with zero attached hydrogens (tertiary/aromatic N) is 1. The summed E-state index contributed by atoms with van der Waals surface area (Å²) in [6.07, 6.45) is 1.72. The molecule has 1 N–H and O–H groups in total. The SMILES string of the molecule is COc1ccc(/C=C2\SC(=Nc3ccccc3)NC2=O)cc1OC(=O)c1ccc(C)cc1. The van der Waals surface area contributed by atoms with Crippen LogP contribution in [0.15, 0.2) is 82.7 Å². The predicted octanol–water partition coefficient (Wildman–Crippen LogP) is 5.11. The van der Waals surface area contributed by atoms with Crippen LogP contribution in [0.5, 0.6) is 11.5 Å². The average molecular weight is 445 g/mol. The van der Waals surface area contributed by atoms with Gasteiger partial charge in [0.25, 0.3) is 5.91 Å². The van der Waals surface area contributed by atoms with E-state index >= 15 is 0 Å². The number of para-hydroxylation sites is 1. The number of aliphatic imine (C=N–C) groups is 1. The van der Waals surface area contributed by atoms with E-state index in [1.165, 1.54) is 18.9 Å². The van der Waals surface area contributed by atoms with Crippen molar-refractivity contribution in [2.75, 3.05) is 7.11 Å². The predicted molar refractivity (Wildman–Crippen MR) is 126 cm³/mol. The van der Waals surface area contributed by atoms with Gasteiger partial charge >= 0.3 is 5.97 Å². The molecule has 32 heavy (non-hydrogen) atoms. The van der Waals surface area contributed by atoms with Crippen LogP contribution in [0.2, 0.25) is 0 Å². The summed E-state index contributed by atoms with van der Waals surface area (Å²) in [6.45, 7) is 1.95. The third-order valence-electron chi connectivity index (χ3n) is 4.61. The molecule has 1 heterocycles. The zero-order valence-corrected chi connectivity index (χ0v) is 18.3. The lowest BCUT2D eigenvalue weighted by Gasteiger charge is -2.10. The van der Waals surface area contributed by atoms with Crippen molar-refractivity contribution in [2.24, 2.45) is 4.99 Å². The Morgan fingerprint density at radius 3 is 2.47 bits per heavy atom. The minimum atomic E-state index is -0.488. The molecule has 0 radical (unpaired) electrons. The van der Waals surface area contributed by atoms with E-state index in [-0.39, 0.29) is 11.7 Å². The molecule has 0 aliphatic carbocycles. The van der Waals surface area contributed by atoms with Gasteiger partial charge in [0.2, 0.25) is 0 Å². The van der Waals surface area contributed by atoms with Gasteiger partial charge in [-0.3, -0.25) is 4.79 Å². The Balaban J connectivity index is 1.56. The van der Waals surface area contributed by atoms with Crippen LogP contribution < -0.4 is 14.8 Å². The molecule has 1 fully saturated rings. The van der Waals surface area contributed by atoms with E-state index in [1.54, 1.807) is 36.4 Å². The van der Waals surface area contributed by atoms with Crippen LogP contribution >= 0.6 is 11.8 Å². The third kappa shape index (κ3) is 5.07. The smallest absolute Gasteiger partial charge is 0.343 e. The maximum atomic E-state index is 12.5. The van der Waals surface area contributed by atoms with Crippen molar-refractivity contribution in [3.63, 3.8) is 0 Å². The number of carbonyl (C=O) groups excluding carboxylic acids is 2. The van der Waals surface area contributed by atoms with Crippen LogP contribution in [0.4, 0.5) is 5.69 Å². The molecule has 1 saturated heterocycles. The quantitative estimate of drug-likeness (QED) is 0.336. The number of rotatable bonds is 5. The Bertz CT molecular complexity index is 1220. The highest BCUT2D eigenvalue weighted by molar-refractivity contribution is 8.18. The summed E-state index contributed by atoms with van der Waals surface area (Å²) in [6, 6.07) is 21.7. The van der Waals surface area contributed by atoms with E-state index < -0.39 is 5.97 Å². The second-order valence-electron chi connectivity index (χ2n) is 6.98. The number of methoxy groups -OCH3 is 1. The maximum absolute atomic E-state index is 12.5. The van der Waals surface area contributed by atoms with Gasteiger partial charge < -0.3 is 14.8 Å². The Morgan fingerprint density at radius 2 is 1.75 bits per heavy atom. The lowest BCUT2D eigenvalue weighted by Crippen LogP contribution is -2.19. The monoisotopic (exact) mass is 444 g/mol. The average Bonchev–Trinajstić information content (AvgIpc) is 3.13. The number of amidine groups is 1. The van der Waals surface area contributed by atoms with Crippen LogP contribution in [0.1, 0.15) is 21.5 Å². The van der Waals surface area contributed by atoms with Crippen LogP contribution in [-0.4, -0.2) is 24.2 Å². The summed E-state index contributed by atoms with van der Waals surface area (Å²) in [7, 11) is 1.50. The van der Waals surface area contributed by atoms with Gasteiger partial charge in [-0.1, -0.05) is 42.0 Å². The lowest BCUT2D eigenvalue weighted by molar-refractivity contribution is -0.115. The highest BCUT2D eigenvalue weighted by Gasteiger charge is 2.24. The highest BCUT2D eigenvalue weighted by Crippen LogP contribution is 2.32. The number of carbonyl (C=O) groups is 2. The van der Waals surface area contributed by atoms with Crippen LogP contribution in [0.3, 0.4) is 0 Å². The van der Waals surface area contributed by atoms with Gasteiger partial charge in [0.1, 0.15) is 0 Å². The van der Waals surface area contributed by atoms with Gasteiger partial charge in [0.15, 0.2) is 16.7 Å². The Labute approximate surface area is 190 Å². The molecule has 0 saturated carbocycles. The minimum Gasteiger partial charge on any atom is -0.493 e. The number of nitrogens with one attached hydrogen (secondary N) is 1. The number of benzene rings is 3. The standard InChI is InChI=1S/C25H20N2O4S/c1-16-8-11-18(12-9-16)24(29)31-21-14-17(10-13-20(21)30-2)15-22-23(28)27-25(32-22)26-19-6-4-3-5-7-19/h3-15H,1-2H3,(H,26,27,28)/b22-15-. The van der Waals surface area contributed by atoms with Crippen LogP contribution in [-0.2, 0) is 4.79 Å². The first-order chi connectivity index (χ1) is 15.5. The zero-order chi connectivity index (χ0) is 22.5. The molecule has 1 aliphatic heterocycles. The summed E-state index contributed by atoms with van der Waals surface area (Å²) in [5.41, 5.74) is 2.94. The summed E-state index contributed by atoms with van der Waals surface area (Å²) < 4.78 is 10.9. The molecule has 6 nitrogen and oxygen atoms in total. The number of ether oxygens (including phenoxy) is 2. The number of aryl methyl sites for hydroxylation is 1. The van der Waals surface area contributed by atoms with Gasteiger partial charge in [-0.15, -0.1) is 0 Å². The number of hydrogen-bond donors (Lipinski definition) is 1. The Kier molecular flexibility index (Phi) is 6.37. The molecule has 0 atom stereocenters. The van der Waals surface area contributed by atoms with Gasteiger partial charge in [-0.25, -0.2) is 9.79 Å². The molecule has 4 rings (SSSR count). The van der Waals surface area contributed by atoms with Gasteiger partial charge in [-0.2, -0.15) is 0 Å². The van der Waals surface area contributed by atoms with Crippen molar-refractivity contribution in [3.8, 4) is 11.5 Å². The summed E-state index contributed by atoms with van der Waals surface area (Å²) >= 11 is 1.25. The van der Waals surface area contributed by atoms with Crippen molar-refractivity contribution in [1.82, 2.24) is 5.32 Å². The summed E-state index contributed by atoms with van der Waals surface area (Å²) in [5, 5.41) is 3.27. The highest BCUT2D eigenvalue weighted by atomic mass is 32.2. The normalized spacial score (nSPS) is 15.6. The van der Waals surface area contributed by atoms with Crippen molar-refractivity contribution in [1.29, 1.82) is 0 Å². The molecule has 1 aliphatic rings. The molecule has 3 aromatic rings. The van der Waals surface area contributed by atoms with Crippen molar-refractivity contribution in [2.45, 2.75) is 6.92 Å². The molecule has 0 spiro atoms. The van der Waals surface area contributed by atoms with E-state index in [4.69, 9.17) is 9.47 Å². The number of amides is 1. The lowest BCUT2D eigenvalue weighted by atomic mass is 10.1. The van der Waals surface area contributed by atoms with Gasteiger partial charge in [0.05, 0.1) is 23.3 Å². The summed E-state index contributed by atoms with van der Waals surface area (Å²) in [4.78, 5) is 29.9. The summed E-state index contributed by atoms with van der Waals surface area (Å²) in [5.74, 6) is -0.0338. The fourth-order valence-electron chi connectivity index (χ4n) is 2.96. The second kappa shape index (κ2) is 9.53. The zero-order valence-electron chi connectivity index (χ0n) is 17.5. The molecule has 160 valence electrons. The Hall–Kier alpha value is -3.84. The fraction of sp³-hybridized carbons (Fsp3) is 0.0800. The van der Waals surface area contributed by atoms with E-state index in [0.717, 1.165) is 11.3 Å². The van der Waals surface area contributed by atoms with E-state index in [0.29, 0.717) is 26.9 Å². The molecule has 1 amide bonds. The van der Waals surface area contributed by atoms with Gasteiger partial charge in [0, 0.05) is 0 Å². The number of esters is 1. The molecular formula is C25H20N2O4S. The third-order valence-corrected chi connectivity index (χ3v) is 5.52. The second-order valence-corrected chi connectivity index (χ2v) is 8.01. The van der Waals surface area contributed by atoms with Crippen molar-refractivity contribution >= 4 is 40.6 Å². The molecule has 0 unspecified atom stereocenters. The van der Waals surface area contributed by atoms with E-state index in [1.807, 2.05) is 49.4 Å². The van der Waals surface area contributed by atoms with Crippen molar-refractivity contribution in [3.05, 3.63) is 94.4 Å². The Morgan fingerprint density at radius 1 is 1.00 bits per heavy atom. The maximum Gasteiger partial charge on any atom is 0.343 e. The first kappa shape index (κ1) is 21.4. The van der Waals surface area contributed by atoms with E-state index in [2.05, 4.69) is 10.3 Å². The van der Waals surface area contributed by atoms with Gasteiger partial charge in [-0.05, 0) is 66.7 Å². The number of hydrogen-bond acceptors (Lipinski definition) is 6. The van der Waals surface area contributed by atoms with Crippen LogP contribution in [0.25, 0.3) is 6.08 Å². The molecular weight excluding hydrogens is 424 g/mol. The molecule has 0 aromatic heterocycles. The molecule has 3 aromatic carbocycles. The van der Waals surface area contributed by atoms with E-state index in [9.17, 15) is 9.59 Å². The molecule has 0 bridgehead atoms. The molecule has 7 heteroatoms. The van der Waals surface area contributed by atoms with Crippen LogP contribution in [0, 0.1) is 6.92 Å².